The van der Waals surface area contributed by atoms with Crippen molar-refractivity contribution in [3.63, 3.8) is 0 Å². The van der Waals surface area contributed by atoms with Gasteiger partial charge in [0.2, 0.25) is 0 Å². The van der Waals surface area contributed by atoms with E-state index in [2.05, 4.69) is 38.6 Å². The van der Waals surface area contributed by atoms with Crippen LogP contribution in [0.15, 0.2) is 24.0 Å². The summed E-state index contributed by atoms with van der Waals surface area (Å²) in [7, 11) is -0.613. The SMILES string of the molecule is COC(=O)CC1C=CC=C(CC(CC=O)O[Si](C)(C)C(C)(C)C)O1. The number of ether oxygens (including phenoxy) is 2. The van der Waals surface area contributed by atoms with Crippen molar-refractivity contribution in [1.29, 1.82) is 0 Å². The minimum Gasteiger partial charge on any atom is -0.490 e. The molecule has 1 rings (SSSR count). The molecular weight excluding hydrogens is 324 g/mol. The fraction of sp³-hybridized carbons (Fsp3) is 0.667. The summed E-state index contributed by atoms with van der Waals surface area (Å²) in [5.41, 5.74) is 0. The molecule has 0 amide bonds. The fourth-order valence-electron chi connectivity index (χ4n) is 2.13. The van der Waals surface area contributed by atoms with Crippen molar-refractivity contribution in [3.8, 4) is 0 Å². The molecule has 0 aromatic heterocycles. The molecule has 24 heavy (non-hydrogen) atoms. The number of esters is 1. The fourth-order valence-corrected chi connectivity index (χ4v) is 3.50. The van der Waals surface area contributed by atoms with Gasteiger partial charge in [0, 0.05) is 12.8 Å². The number of aldehydes is 1. The Morgan fingerprint density at radius 1 is 1.42 bits per heavy atom. The Morgan fingerprint density at radius 2 is 2.08 bits per heavy atom. The van der Waals surface area contributed by atoms with Gasteiger partial charge in [-0.25, -0.2) is 0 Å². The monoisotopic (exact) mass is 354 g/mol. The van der Waals surface area contributed by atoms with Crippen LogP contribution in [-0.4, -0.2) is 39.9 Å². The molecule has 0 N–H and O–H groups in total. The summed E-state index contributed by atoms with van der Waals surface area (Å²) < 4.78 is 16.9. The highest BCUT2D eigenvalue weighted by molar-refractivity contribution is 6.74. The summed E-state index contributed by atoms with van der Waals surface area (Å²) in [6.45, 7) is 10.8. The highest BCUT2D eigenvalue weighted by Crippen LogP contribution is 2.38. The van der Waals surface area contributed by atoms with Gasteiger partial charge in [0.15, 0.2) is 8.32 Å². The van der Waals surface area contributed by atoms with Crippen molar-refractivity contribution < 1.29 is 23.5 Å². The third-order valence-electron chi connectivity index (χ3n) is 4.56. The maximum Gasteiger partial charge on any atom is 0.309 e. The van der Waals surface area contributed by atoms with E-state index in [1.165, 1.54) is 7.11 Å². The largest absolute Gasteiger partial charge is 0.490 e. The van der Waals surface area contributed by atoms with Crippen LogP contribution in [0, 0.1) is 0 Å². The van der Waals surface area contributed by atoms with Crippen LogP contribution in [-0.2, 0) is 23.5 Å². The molecule has 0 radical (unpaired) electrons. The van der Waals surface area contributed by atoms with Gasteiger partial charge in [-0.1, -0.05) is 26.8 Å². The highest BCUT2D eigenvalue weighted by atomic mass is 28.4. The Morgan fingerprint density at radius 3 is 2.62 bits per heavy atom. The van der Waals surface area contributed by atoms with Crippen LogP contribution in [0.2, 0.25) is 18.1 Å². The summed E-state index contributed by atoms with van der Waals surface area (Å²) in [5.74, 6) is 0.421. The van der Waals surface area contributed by atoms with Gasteiger partial charge >= 0.3 is 5.97 Å². The van der Waals surface area contributed by atoms with E-state index in [9.17, 15) is 9.59 Å². The van der Waals surface area contributed by atoms with Crippen molar-refractivity contribution in [3.05, 3.63) is 24.0 Å². The maximum atomic E-state index is 11.4. The molecule has 0 spiro atoms. The van der Waals surface area contributed by atoms with Gasteiger partial charge in [-0.3, -0.25) is 4.79 Å². The molecule has 2 unspecified atom stereocenters. The van der Waals surface area contributed by atoms with Crippen molar-refractivity contribution in [2.45, 2.75) is 70.4 Å². The van der Waals surface area contributed by atoms with Crippen LogP contribution in [0.1, 0.15) is 40.0 Å². The van der Waals surface area contributed by atoms with Crippen LogP contribution >= 0.6 is 0 Å². The Bertz CT molecular complexity index is 502. The summed E-state index contributed by atoms with van der Waals surface area (Å²) in [5, 5.41) is 0.0727. The van der Waals surface area contributed by atoms with Crippen LogP contribution in [0.5, 0.6) is 0 Å². The average molecular weight is 355 g/mol. The normalized spacial score (nSPS) is 19.2. The van der Waals surface area contributed by atoms with Crippen molar-refractivity contribution in [1.82, 2.24) is 0 Å². The molecule has 0 aliphatic carbocycles. The van der Waals surface area contributed by atoms with Gasteiger partial charge in [-0.05, 0) is 30.3 Å². The first-order valence-corrected chi connectivity index (χ1v) is 11.2. The zero-order chi connectivity index (χ0) is 18.4. The summed E-state index contributed by atoms with van der Waals surface area (Å²) in [4.78, 5) is 22.4. The van der Waals surface area contributed by atoms with E-state index < -0.39 is 8.32 Å². The van der Waals surface area contributed by atoms with Crippen molar-refractivity contribution >= 4 is 20.6 Å². The second kappa shape index (κ2) is 8.62. The van der Waals surface area contributed by atoms with Crippen LogP contribution in [0.3, 0.4) is 0 Å². The molecule has 0 fully saturated rings. The zero-order valence-corrected chi connectivity index (χ0v) is 16.6. The van der Waals surface area contributed by atoms with E-state index in [0.717, 1.165) is 12.0 Å². The zero-order valence-electron chi connectivity index (χ0n) is 15.6. The van der Waals surface area contributed by atoms with Crippen LogP contribution in [0.25, 0.3) is 0 Å². The molecule has 5 nitrogen and oxygen atoms in total. The predicted molar refractivity (Wildman–Crippen MR) is 96.1 cm³/mol. The van der Waals surface area contributed by atoms with Crippen molar-refractivity contribution in [2.75, 3.05) is 7.11 Å². The van der Waals surface area contributed by atoms with E-state index in [-0.39, 0.29) is 29.6 Å². The molecule has 0 aromatic carbocycles. The van der Waals surface area contributed by atoms with Gasteiger partial charge in [-0.15, -0.1) is 0 Å². The van der Waals surface area contributed by atoms with Gasteiger partial charge in [0.1, 0.15) is 12.4 Å². The van der Waals surface area contributed by atoms with Gasteiger partial charge in [0.25, 0.3) is 0 Å². The predicted octanol–water partition coefficient (Wildman–Crippen LogP) is 3.76. The second-order valence-electron chi connectivity index (χ2n) is 7.56. The number of hydrogen-bond donors (Lipinski definition) is 0. The molecule has 0 bridgehead atoms. The lowest BCUT2D eigenvalue weighted by atomic mass is 10.1. The van der Waals surface area contributed by atoms with Crippen molar-refractivity contribution in [2.24, 2.45) is 0 Å². The number of methoxy groups -OCH3 is 1. The number of carbonyl (C=O) groups excluding carboxylic acids is 2. The summed E-state index contributed by atoms with van der Waals surface area (Å²) >= 11 is 0. The van der Waals surface area contributed by atoms with Crippen LogP contribution in [0.4, 0.5) is 0 Å². The lowest BCUT2D eigenvalue weighted by Gasteiger charge is -2.39. The quantitative estimate of drug-likeness (QED) is 0.377. The topological polar surface area (TPSA) is 61.8 Å². The van der Waals surface area contributed by atoms with E-state index in [0.29, 0.717) is 12.8 Å². The Labute approximate surface area is 146 Å². The molecule has 2 atom stereocenters. The van der Waals surface area contributed by atoms with E-state index in [1.807, 2.05) is 18.2 Å². The van der Waals surface area contributed by atoms with Gasteiger partial charge in [-0.2, -0.15) is 0 Å². The first kappa shape index (κ1) is 20.6. The van der Waals surface area contributed by atoms with Crippen LogP contribution < -0.4 is 0 Å². The van der Waals surface area contributed by atoms with Gasteiger partial charge in [0.05, 0.1) is 25.4 Å². The third-order valence-corrected chi connectivity index (χ3v) is 9.10. The Hall–Kier alpha value is -1.40. The third kappa shape index (κ3) is 6.24. The second-order valence-corrected chi connectivity index (χ2v) is 12.3. The van der Waals surface area contributed by atoms with Gasteiger partial charge < -0.3 is 18.7 Å². The number of rotatable bonds is 8. The molecule has 1 heterocycles. The molecule has 6 heteroatoms. The summed E-state index contributed by atoms with van der Waals surface area (Å²) in [6, 6.07) is 0. The van der Waals surface area contributed by atoms with E-state index in [4.69, 9.17) is 9.16 Å². The number of hydrogen-bond acceptors (Lipinski definition) is 5. The average Bonchev–Trinajstić information content (AvgIpc) is 2.46. The molecule has 136 valence electrons. The first-order chi connectivity index (χ1) is 11.1. The smallest absolute Gasteiger partial charge is 0.309 e. The standard InChI is InChI=1S/C18H30O5Si/c1-18(2,3)24(5,6)23-16(10-11-19)12-14-8-7-9-15(22-14)13-17(20)21-4/h7-9,11,15-16H,10,12-13H2,1-6H3. The lowest BCUT2D eigenvalue weighted by molar-refractivity contribution is -0.142. The minimum atomic E-state index is -1.97. The molecule has 0 saturated carbocycles. The van der Waals surface area contributed by atoms with E-state index in [1.54, 1.807) is 0 Å². The molecular formula is C18H30O5Si. The minimum absolute atomic E-state index is 0.0727. The Kier molecular flexibility index (Phi) is 7.42. The molecule has 1 aliphatic heterocycles. The summed E-state index contributed by atoms with van der Waals surface area (Å²) in [6.07, 6.45) is 6.93. The molecule has 0 aromatic rings. The first-order valence-electron chi connectivity index (χ1n) is 8.31. The number of allylic oxidation sites excluding steroid dienone is 2. The Balaban J connectivity index is 2.72. The number of carbonyl (C=O) groups is 2. The highest BCUT2D eigenvalue weighted by Gasteiger charge is 2.39. The molecule has 0 saturated heterocycles. The maximum absolute atomic E-state index is 11.4. The van der Waals surface area contributed by atoms with E-state index >= 15 is 0 Å². The molecule has 1 aliphatic rings. The lowest BCUT2D eigenvalue weighted by Crippen LogP contribution is -2.44.